The van der Waals surface area contributed by atoms with Crippen LogP contribution in [0.25, 0.3) is 21.3 Å². The standard InChI is InChI=1S/C25H24ClN3O6S2/c26-23-17(12-29-19(30)7-8-20(29)31)28-24-22(16-9-11-37(34,35)13-18(16)36-24)21(23)15-5-3-14(4-6-15)2-1-10-27-25(32)33/h3-6,27H,1-2,7-13H2,(H,32,33). The van der Waals surface area contributed by atoms with Crippen molar-refractivity contribution in [1.82, 2.24) is 15.2 Å². The van der Waals surface area contributed by atoms with Crippen LogP contribution in [-0.4, -0.2) is 53.6 Å². The molecule has 2 aliphatic heterocycles. The Morgan fingerprint density at radius 3 is 2.51 bits per heavy atom. The number of nitrogens with zero attached hydrogens (tertiary/aromatic N) is 2. The van der Waals surface area contributed by atoms with Gasteiger partial charge in [0.25, 0.3) is 0 Å². The fourth-order valence-corrected chi connectivity index (χ4v) is 8.18. The Kier molecular flexibility index (Phi) is 6.95. The van der Waals surface area contributed by atoms with Crippen LogP contribution >= 0.6 is 22.9 Å². The minimum Gasteiger partial charge on any atom is -0.465 e. The van der Waals surface area contributed by atoms with Crippen molar-refractivity contribution in [3.8, 4) is 11.1 Å². The number of nitrogens with one attached hydrogen (secondary N) is 1. The molecule has 2 aliphatic rings. The zero-order chi connectivity index (χ0) is 26.3. The molecule has 3 aromatic rings. The Morgan fingerprint density at radius 1 is 1.14 bits per heavy atom. The number of benzene rings is 1. The Bertz CT molecular complexity index is 1520. The van der Waals surface area contributed by atoms with Crippen LogP contribution in [0.1, 0.15) is 41.0 Å². The third kappa shape index (κ3) is 5.21. The van der Waals surface area contributed by atoms with Crippen LogP contribution < -0.4 is 5.32 Å². The predicted octanol–water partition coefficient (Wildman–Crippen LogP) is 3.94. The molecule has 0 bridgehead atoms. The highest BCUT2D eigenvalue weighted by Gasteiger charge is 2.32. The molecule has 0 atom stereocenters. The maximum Gasteiger partial charge on any atom is 0.404 e. The number of carbonyl (C=O) groups is 3. The number of hydrogen-bond acceptors (Lipinski definition) is 7. The van der Waals surface area contributed by atoms with Gasteiger partial charge in [-0.25, -0.2) is 18.2 Å². The minimum absolute atomic E-state index is 0.0328. The summed E-state index contributed by atoms with van der Waals surface area (Å²) in [4.78, 5) is 42.5. The van der Waals surface area contributed by atoms with Gasteiger partial charge < -0.3 is 10.4 Å². The van der Waals surface area contributed by atoms with E-state index in [-0.39, 0.29) is 42.7 Å². The molecule has 3 amide bonds. The number of pyridine rings is 1. The molecule has 37 heavy (non-hydrogen) atoms. The van der Waals surface area contributed by atoms with E-state index in [1.165, 1.54) is 16.2 Å². The number of likely N-dealkylation sites (tertiary alicyclic amines) is 1. The molecule has 0 radical (unpaired) electrons. The first-order chi connectivity index (χ1) is 17.6. The summed E-state index contributed by atoms with van der Waals surface area (Å²) in [6.45, 7) is 0.324. The highest BCUT2D eigenvalue weighted by atomic mass is 35.5. The van der Waals surface area contributed by atoms with Gasteiger partial charge in [0.15, 0.2) is 9.84 Å². The van der Waals surface area contributed by atoms with Gasteiger partial charge in [-0.1, -0.05) is 35.9 Å². The van der Waals surface area contributed by atoms with Gasteiger partial charge >= 0.3 is 6.09 Å². The van der Waals surface area contributed by atoms with Gasteiger partial charge in [-0.3, -0.25) is 14.5 Å². The summed E-state index contributed by atoms with van der Waals surface area (Å²) in [7, 11) is -3.19. The van der Waals surface area contributed by atoms with E-state index in [1.807, 2.05) is 24.3 Å². The summed E-state index contributed by atoms with van der Waals surface area (Å²) in [5.41, 5.74) is 3.90. The number of thiophene rings is 1. The van der Waals surface area contributed by atoms with Gasteiger partial charge in [-0.15, -0.1) is 11.3 Å². The van der Waals surface area contributed by atoms with Crippen molar-refractivity contribution in [2.24, 2.45) is 0 Å². The third-order valence-electron chi connectivity index (χ3n) is 6.67. The Labute approximate surface area is 222 Å². The Hall–Kier alpha value is -3.02. The summed E-state index contributed by atoms with van der Waals surface area (Å²) < 4.78 is 24.6. The van der Waals surface area contributed by atoms with Crippen LogP contribution in [-0.2, 0) is 44.6 Å². The zero-order valence-electron chi connectivity index (χ0n) is 19.8. The Balaban J connectivity index is 1.56. The van der Waals surface area contributed by atoms with Crippen molar-refractivity contribution >= 4 is 60.9 Å². The molecule has 0 unspecified atom stereocenters. The summed E-state index contributed by atoms with van der Waals surface area (Å²) in [5, 5.41) is 12.2. The summed E-state index contributed by atoms with van der Waals surface area (Å²) >= 11 is 8.25. The lowest BCUT2D eigenvalue weighted by Crippen LogP contribution is -2.29. The number of carboxylic acid groups (broad SMARTS) is 1. The van der Waals surface area contributed by atoms with E-state index in [4.69, 9.17) is 21.7 Å². The maximum absolute atomic E-state index is 12.3. The quantitative estimate of drug-likeness (QED) is 0.329. The zero-order valence-corrected chi connectivity index (χ0v) is 22.1. The lowest BCUT2D eigenvalue weighted by atomic mass is 9.96. The molecule has 1 aromatic carbocycles. The summed E-state index contributed by atoms with van der Waals surface area (Å²) in [6.07, 6.45) is 1.00. The molecule has 0 saturated carbocycles. The first-order valence-electron chi connectivity index (χ1n) is 11.9. The van der Waals surface area contributed by atoms with Crippen LogP contribution in [0.3, 0.4) is 0 Å². The monoisotopic (exact) mass is 561 g/mol. The maximum atomic E-state index is 12.3. The molecule has 1 fully saturated rings. The first kappa shape index (κ1) is 25.6. The van der Waals surface area contributed by atoms with Gasteiger partial charge in [0.05, 0.1) is 28.8 Å². The second-order valence-corrected chi connectivity index (χ2v) is 12.8. The molecule has 1 saturated heterocycles. The number of sulfone groups is 1. The first-order valence-corrected chi connectivity index (χ1v) is 14.9. The van der Waals surface area contributed by atoms with Crippen LogP contribution in [0.4, 0.5) is 4.79 Å². The molecular weight excluding hydrogens is 538 g/mol. The van der Waals surface area contributed by atoms with Gasteiger partial charge in [-0.05, 0) is 36.0 Å². The highest BCUT2D eigenvalue weighted by Crippen LogP contribution is 2.45. The molecule has 2 aromatic heterocycles. The molecule has 4 heterocycles. The SMILES string of the molecule is O=C(O)NCCCc1ccc(-c2c(Cl)c(CN3C(=O)CCC3=O)nc3sc4c(c23)CCS(=O)(=O)C4)cc1. The molecule has 5 rings (SSSR count). The molecule has 0 aliphatic carbocycles. The van der Waals surface area contributed by atoms with Crippen LogP contribution in [0.15, 0.2) is 24.3 Å². The average molecular weight is 562 g/mol. The van der Waals surface area contributed by atoms with Gasteiger partial charge in [0.1, 0.15) is 4.83 Å². The number of rotatable bonds is 7. The number of hydrogen-bond donors (Lipinski definition) is 2. The van der Waals surface area contributed by atoms with E-state index in [0.717, 1.165) is 32.5 Å². The van der Waals surface area contributed by atoms with E-state index in [9.17, 15) is 22.8 Å². The van der Waals surface area contributed by atoms with Gasteiger partial charge in [0, 0.05) is 35.2 Å². The van der Waals surface area contributed by atoms with E-state index >= 15 is 0 Å². The van der Waals surface area contributed by atoms with Crippen LogP contribution in [0, 0.1) is 0 Å². The topological polar surface area (TPSA) is 134 Å². The lowest BCUT2D eigenvalue weighted by molar-refractivity contribution is -0.139. The van der Waals surface area contributed by atoms with Crippen molar-refractivity contribution in [3.63, 3.8) is 0 Å². The summed E-state index contributed by atoms with van der Waals surface area (Å²) in [5.74, 6) is -0.502. The predicted molar refractivity (Wildman–Crippen MR) is 140 cm³/mol. The average Bonchev–Trinajstić information content (AvgIpc) is 3.35. The highest BCUT2D eigenvalue weighted by molar-refractivity contribution is 7.90. The smallest absolute Gasteiger partial charge is 0.404 e. The number of fused-ring (bicyclic) bond motifs is 3. The fraction of sp³-hybridized carbons (Fsp3) is 0.360. The second-order valence-electron chi connectivity index (χ2n) is 9.18. The largest absolute Gasteiger partial charge is 0.465 e. The third-order valence-corrected chi connectivity index (χ3v) is 9.94. The Morgan fingerprint density at radius 2 is 1.84 bits per heavy atom. The van der Waals surface area contributed by atoms with Gasteiger partial charge in [0.2, 0.25) is 11.8 Å². The number of aromatic nitrogens is 1. The molecule has 9 nitrogen and oxygen atoms in total. The van der Waals surface area contributed by atoms with Crippen molar-refractivity contribution in [3.05, 3.63) is 51.0 Å². The van der Waals surface area contributed by atoms with Crippen molar-refractivity contribution in [1.29, 1.82) is 0 Å². The van der Waals surface area contributed by atoms with E-state index in [0.29, 0.717) is 41.4 Å². The minimum atomic E-state index is -3.19. The molecule has 194 valence electrons. The molecular formula is C25H24ClN3O6S2. The number of aryl methyl sites for hydroxylation is 2. The van der Waals surface area contributed by atoms with Crippen molar-refractivity contribution < 1.29 is 27.9 Å². The normalized spacial score (nSPS) is 16.8. The van der Waals surface area contributed by atoms with Crippen LogP contribution in [0.2, 0.25) is 5.02 Å². The van der Waals surface area contributed by atoms with Crippen molar-refractivity contribution in [2.45, 2.75) is 44.4 Å². The number of carbonyl (C=O) groups excluding carboxylic acids is 2. The van der Waals surface area contributed by atoms with E-state index in [1.54, 1.807) is 0 Å². The summed E-state index contributed by atoms with van der Waals surface area (Å²) in [6, 6.07) is 7.77. The van der Waals surface area contributed by atoms with Gasteiger partial charge in [-0.2, -0.15) is 0 Å². The van der Waals surface area contributed by atoms with E-state index in [2.05, 4.69) is 5.32 Å². The molecule has 12 heteroatoms. The van der Waals surface area contributed by atoms with Crippen molar-refractivity contribution in [2.75, 3.05) is 12.3 Å². The number of halogens is 1. The number of amides is 3. The molecule has 0 spiro atoms. The van der Waals surface area contributed by atoms with E-state index < -0.39 is 15.9 Å². The second kappa shape index (κ2) is 10.0. The van der Waals surface area contributed by atoms with Crippen LogP contribution in [0.5, 0.6) is 0 Å². The molecule has 2 N–H and O–H groups in total. The fourth-order valence-electron chi connectivity index (χ4n) is 4.82. The lowest BCUT2D eigenvalue weighted by Gasteiger charge is -2.18. The number of imide groups is 1.